The Morgan fingerprint density at radius 2 is 1.68 bits per heavy atom. The Labute approximate surface area is 188 Å². The van der Waals surface area contributed by atoms with Gasteiger partial charge in [0.05, 0.1) is 24.9 Å². The summed E-state index contributed by atoms with van der Waals surface area (Å²) >= 11 is 0. The lowest BCUT2D eigenvalue weighted by molar-refractivity contribution is -0.274. The summed E-state index contributed by atoms with van der Waals surface area (Å²) in [7, 11) is 0. The molecule has 31 heavy (non-hydrogen) atoms. The quantitative estimate of drug-likeness (QED) is 0.579. The van der Waals surface area contributed by atoms with E-state index in [9.17, 15) is 10.2 Å². The van der Waals surface area contributed by atoms with Crippen molar-refractivity contribution >= 4 is 0 Å². The first-order valence-electron chi connectivity index (χ1n) is 13.4. The average Bonchev–Trinajstić information content (AvgIpc) is 3.18. The Morgan fingerprint density at radius 1 is 0.871 bits per heavy atom. The van der Waals surface area contributed by atoms with Crippen LogP contribution >= 0.6 is 0 Å². The van der Waals surface area contributed by atoms with E-state index in [-0.39, 0.29) is 23.7 Å². The van der Waals surface area contributed by atoms with Crippen molar-refractivity contribution in [2.45, 2.75) is 110 Å². The number of aliphatic hydroxyl groups excluding tert-OH is 2. The predicted octanol–water partition coefficient (Wildman–Crippen LogP) is 4.76. The molecule has 4 heteroatoms. The fourth-order valence-electron chi connectivity index (χ4n) is 10.2. The Kier molecular flexibility index (Phi) is 4.78. The van der Waals surface area contributed by atoms with E-state index >= 15 is 0 Å². The van der Waals surface area contributed by atoms with E-state index in [1.165, 1.54) is 19.3 Å². The summed E-state index contributed by atoms with van der Waals surface area (Å²) in [5, 5.41) is 22.1. The predicted molar refractivity (Wildman–Crippen MR) is 119 cm³/mol. The van der Waals surface area contributed by atoms with Gasteiger partial charge in [0.15, 0.2) is 5.79 Å². The molecule has 4 aliphatic carbocycles. The highest BCUT2D eigenvalue weighted by molar-refractivity contribution is 5.17. The molecule has 10 unspecified atom stereocenters. The van der Waals surface area contributed by atoms with Gasteiger partial charge in [-0.05, 0) is 86.4 Å². The van der Waals surface area contributed by atoms with Crippen LogP contribution in [0.1, 0.15) is 85.5 Å². The largest absolute Gasteiger partial charge is 0.393 e. The van der Waals surface area contributed by atoms with Crippen LogP contribution in [0.15, 0.2) is 0 Å². The molecule has 0 aromatic rings. The van der Waals surface area contributed by atoms with E-state index in [0.29, 0.717) is 46.8 Å². The molecule has 2 N–H and O–H groups in total. The van der Waals surface area contributed by atoms with E-state index < -0.39 is 5.79 Å². The summed E-state index contributed by atoms with van der Waals surface area (Å²) in [4.78, 5) is 0. The van der Waals surface area contributed by atoms with Crippen LogP contribution in [0, 0.1) is 52.3 Å². The lowest BCUT2D eigenvalue weighted by Crippen LogP contribution is -2.59. The zero-order chi connectivity index (χ0) is 21.8. The maximum atomic E-state index is 11.8. The Bertz CT molecular complexity index is 716. The van der Waals surface area contributed by atoms with Crippen molar-refractivity contribution in [3.63, 3.8) is 0 Å². The standard InChI is InChI=1S/C27H44O4/c1-15-7-10-27(30-14-15)16(2)24-22(31-27)12-21-19-6-5-17-11-18(28)8-9-25(17,3)20(19)13-23(29)26(21,24)4/h15-24,28-29H,5-14H2,1-4H3/t15?,16?,17-,18-,19?,20?,21?,22?,23+,24?,25?,26?,27?/m0/s1. The van der Waals surface area contributed by atoms with Crippen LogP contribution < -0.4 is 0 Å². The van der Waals surface area contributed by atoms with Gasteiger partial charge in [-0.15, -0.1) is 0 Å². The van der Waals surface area contributed by atoms with Gasteiger partial charge < -0.3 is 19.7 Å². The summed E-state index contributed by atoms with van der Waals surface area (Å²) in [6.45, 7) is 10.3. The molecule has 176 valence electrons. The molecule has 0 amide bonds. The third-order valence-corrected chi connectivity index (χ3v) is 12.0. The normalized spacial score (nSPS) is 63.3. The van der Waals surface area contributed by atoms with Gasteiger partial charge in [0.1, 0.15) is 0 Å². The van der Waals surface area contributed by atoms with Gasteiger partial charge in [-0.2, -0.15) is 0 Å². The van der Waals surface area contributed by atoms with E-state index in [4.69, 9.17) is 9.47 Å². The third-order valence-electron chi connectivity index (χ3n) is 12.0. The van der Waals surface area contributed by atoms with E-state index in [2.05, 4.69) is 27.7 Å². The number of rotatable bonds is 0. The topological polar surface area (TPSA) is 58.9 Å². The molecule has 0 bridgehead atoms. The third kappa shape index (κ3) is 2.74. The van der Waals surface area contributed by atoms with Gasteiger partial charge >= 0.3 is 0 Å². The summed E-state index contributed by atoms with van der Waals surface area (Å²) in [5.74, 6) is 3.46. The minimum absolute atomic E-state index is 0.0570. The first kappa shape index (κ1) is 21.4. The van der Waals surface area contributed by atoms with Gasteiger partial charge in [-0.25, -0.2) is 0 Å². The average molecular weight is 433 g/mol. The summed E-state index contributed by atoms with van der Waals surface area (Å²) < 4.78 is 13.3. The van der Waals surface area contributed by atoms with Gasteiger partial charge in [0.2, 0.25) is 0 Å². The second-order valence-corrected chi connectivity index (χ2v) is 13.2. The lowest BCUT2D eigenvalue weighted by atomic mass is 9.43. The van der Waals surface area contributed by atoms with Crippen molar-refractivity contribution < 1.29 is 19.7 Å². The molecular weight excluding hydrogens is 388 g/mol. The fraction of sp³-hybridized carbons (Fsp3) is 1.00. The summed E-state index contributed by atoms with van der Waals surface area (Å²) in [5.41, 5.74) is 0.233. The number of ether oxygens (including phenoxy) is 2. The fourth-order valence-corrected chi connectivity index (χ4v) is 10.2. The number of hydrogen-bond donors (Lipinski definition) is 2. The van der Waals surface area contributed by atoms with Crippen molar-refractivity contribution in [1.29, 1.82) is 0 Å². The molecule has 0 aromatic heterocycles. The van der Waals surface area contributed by atoms with Crippen molar-refractivity contribution in [2.24, 2.45) is 52.3 Å². The second-order valence-electron chi connectivity index (χ2n) is 13.2. The van der Waals surface area contributed by atoms with Gasteiger partial charge in [-0.3, -0.25) is 0 Å². The van der Waals surface area contributed by atoms with Crippen LogP contribution in [0.4, 0.5) is 0 Å². The Morgan fingerprint density at radius 3 is 2.42 bits per heavy atom. The number of fused-ring (bicyclic) bond motifs is 7. The monoisotopic (exact) mass is 432 g/mol. The molecular formula is C27H44O4. The molecule has 4 saturated carbocycles. The molecule has 6 fully saturated rings. The highest BCUT2D eigenvalue weighted by Gasteiger charge is 2.71. The molecule has 2 aliphatic heterocycles. The SMILES string of the molecule is CC1CCC2(OC1)OC1CC3C4CC[C@H]5C[C@@H](O)CCC5(C)C4C[C@@H](O)C3(C)C1C2C. The van der Waals surface area contributed by atoms with Crippen molar-refractivity contribution in [1.82, 2.24) is 0 Å². The van der Waals surface area contributed by atoms with Crippen molar-refractivity contribution in [2.75, 3.05) is 6.61 Å². The molecule has 0 radical (unpaired) electrons. The zero-order valence-electron chi connectivity index (χ0n) is 20.1. The molecule has 6 rings (SSSR count). The Hall–Kier alpha value is -0.160. The highest BCUT2D eigenvalue weighted by Crippen LogP contribution is 2.71. The summed E-state index contributed by atoms with van der Waals surface area (Å²) in [6, 6.07) is 0. The summed E-state index contributed by atoms with van der Waals surface area (Å²) in [6.07, 6.45) is 9.70. The zero-order valence-corrected chi connectivity index (χ0v) is 20.1. The Balaban J connectivity index is 1.29. The minimum atomic E-state index is -0.407. The minimum Gasteiger partial charge on any atom is -0.393 e. The number of hydrogen-bond acceptors (Lipinski definition) is 4. The van der Waals surface area contributed by atoms with Crippen LogP contribution in [0.25, 0.3) is 0 Å². The smallest absolute Gasteiger partial charge is 0.171 e. The maximum absolute atomic E-state index is 11.8. The lowest BCUT2D eigenvalue weighted by Gasteiger charge is -2.62. The van der Waals surface area contributed by atoms with Gasteiger partial charge in [0, 0.05) is 23.7 Å². The molecule has 4 nitrogen and oxygen atoms in total. The van der Waals surface area contributed by atoms with Crippen LogP contribution in [-0.2, 0) is 9.47 Å². The van der Waals surface area contributed by atoms with E-state index in [0.717, 1.165) is 45.1 Å². The van der Waals surface area contributed by atoms with Crippen molar-refractivity contribution in [3.05, 3.63) is 0 Å². The highest BCUT2D eigenvalue weighted by atomic mass is 16.7. The molecule has 2 heterocycles. The van der Waals surface area contributed by atoms with E-state index in [1.54, 1.807) is 0 Å². The van der Waals surface area contributed by atoms with Crippen LogP contribution in [0.5, 0.6) is 0 Å². The molecule has 13 atom stereocenters. The van der Waals surface area contributed by atoms with Crippen LogP contribution in [0.2, 0.25) is 0 Å². The molecule has 1 spiro atoms. The van der Waals surface area contributed by atoms with Crippen LogP contribution in [-0.4, -0.2) is 40.9 Å². The first-order valence-corrected chi connectivity index (χ1v) is 13.4. The van der Waals surface area contributed by atoms with Crippen LogP contribution in [0.3, 0.4) is 0 Å². The maximum Gasteiger partial charge on any atom is 0.171 e. The van der Waals surface area contributed by atoms with Crippen molar-refractivity contribution in [3.8, 4) is 0 Å². The second kappa shape index (κ2) is 6.93. The first-order chi connectivity index (χ1) is 14.7. The van der Waals surface area contributed by atoms with Gasteiger partial charge in [-0.1, -0.05) is 27.7 Å². The van der Waals surface area contributed by atoms with E-state index in [1.807, 2.05) is 0 Å². The molecule has 2 saturated heterocycles. The molecule has 0 aromatic carbocycles. The number of aliphatic hydroxyl groups is 2. The molecule has 6 aliphatic rings. The van der Waals surface area contributed by atoms with Gasteiger partial charge in [0.25, 0.3) is 0 Å².